The third-order valence-electron chi connectivity index (χ3n) is 9.82. The van der Waals surface area contributed by atoms with Gasteiger partial charge < -0.3 is 0 Å². The zero-order chi connectivity index (χ0) is 31.9. The lowest BCUT2D eigenvalue weighted by molar-refractivity contribution is 0.565. The molecule has 2 heteroatoms. The van der Waals surface area contributed by atoms with E-state index in [1.807, 2.05) is 0 Å². The molecule has 2 aromatic carbocycles. The first-order chi connectivity index (χ1) is 18.0. The van der Waals surface area contributed by atoms with Crippen molar-refractivity contribution in [3.05, 3.63) is 69.8 Å². The van der Waals surface area contributed by atoms with Crippen molar-refractivity contribution in [2.45, 2.75) is 174 Å². The quantitative estimate of drug-likeness (QED) is 0.253. The molecule has 2 atom stereocenters. The summed E-state index contributed by atoms with van der Waals surface area (Å²) in [6.45, 7) is 42.7. The van der Waals surface area contributed by atoms with Crippen LogP contribution < -0.4 is 0 Å². The van der Waals surface area contributed by atoms with Crippen molar-refractivity contribution in [1.82, 2.24) is 0 Å². The molecular weight excluding hydrogens is 510 g/mol. The van der Waals surface area contributed by atoms with E-state index in [0.717, 1.165) is 0 Å². The maximum Gasteiger partial charge on any atom is 0.366 e. The maximum atomic E-state index is 7.92. The zero-order valence-electron chi connectivity index (χ0n) is 30.2. The molecule has 2 radical (unpaired) electrons. The molecule has 0 N–H and O–H groups in total. The van der Waals surface area contributed by atoms with E-state index in [1.165, 1.54) is 33.4 Å². The lowest BCUT2D eigenvalue weighted by Gasteiger charge is -2.46. The third-order valence-corrected chi connectivity index (χ3v) is 15.8. The maximum absolute atomic E-state index is 7.92. The van der Waals surface area contributed by atoms with Gasteiger partial charge in [0.15, 0.2) is 0 Å². The van der Waals surface area contributed by atoms with Crippen LogP contribution in [0.2, 0.25) is 0 Å². The molecule has 1 saturated carbocycles. The summed E-state index contributed by atoms with van der Waals surface area (Å²) in [7, 11) is 5.96. The van der Waals surface area contributed by atoms with Crippen LogP contribution >= 0.6 is 7.14 Å². The van der Waals surface area contributed by atoms with E-state index in [-0.39, 0.29) is 32.0 Å². The first-order valence-corrected chi connectivity index (χ1v) is 17.9. The molecule has 1 aliphatic carbocycles. The largest absolute Gasteiger partial charge is 0.366 e. The normalized spacial score (nSPS) is 21.3. The Labute approximate surface area is 258 Å². The molecule has 3 rings (SSSR count). The molecule has 0 heterocycles. The summed E-state index contributed by atoms with van der Waals surface area (Å²) in [6.07, 6.45) is 0. The van der Waals surface area contributed by atoms with Crippen LogP contribution in [0.1, 0.15) is 170 Å². The van der Waals surface area contributed by atoms with E-state index in [0.29, 0.717) is 17.5 Å². The Morgan fingerprint density at radius 3 is 0.805 bits per heavy atom. The summed E-state index contributed by atoms with van der Waals surface area (Å²) >= 11 is 0. The Hall–Kier alpha value is -1.07. The van der Waals surface area contributed by atoms with Crippen molar-refractivity contribution in [1.29, 1.82) is 0 Å². The fourth-order valence-corrected chi connectivity index (χ4v) is 12.4. The molecule has 0 aliphatic heterocycles. The molecule has 1 aliphatic rings. The molecular formula is C39H63BP+. The molecule has 0 bridgehead atoms. The van der Waals surface area contributed by atoms with Crippen LogP contribution in [0, 0.1) is 0 Å². The number of benzene rings is 2. The van der Waals surface area contributed by atoms with Crippen LogP contribution in [-0.2, 0) is 21.7 Å². The van der Waals surface area contributed by atoms with Crippen molar-refractivity contribution in [3.63, 3.8) is 0 Å². The smallest absolute Gasteiger partial charge is 0.0561 e. The molecule has 0 saturated heterocycles. The Bertz CT molecular complexity index is 1100. The van der Waals surface area contributed by atoms with Gasteiger partial charge in [0.1, 0.15) is 0 Å². The molecule has 0 nitrogen and oxygen atoms in total. The highest BCUT2D eigenvalue weighted by Crippen LogP contribution is 2.87. The van der Waals surface area contributed by atoms with Crippen molar-refractivity contribution in [2.24, 2.45) is 0 Å². The molecule has 0 amide bonds. The fourth-order valence-electron chi connectivity index (χ4n) is 6.93. The van der Waals surface area contributed by atoms with Gasteiger partial charge in [0.05, 0.1) is 16.0 Å². The van der Waals surface area contributed by atoms with Gasteiger partial charge in [-0.2, -0.15) is 0 Å². The molecule has 41 heavy (non-hydrogen) atoms. The highest BCUT2D eigenvalue weighted by atomic mass is 31.2. The summed E-state index contributed by atoms with van der Waals surface area (Å²) in [6, 6.07) is 15.1. The van der Waals surface area contributed by atoms with Gasteiger partial charge >= 0.3 is 7.57 Å². The minimum atomic E-state index is -1.96. The average molecular weight is 574 g/mol. The second-order valence-electron chi connectivity index (χ2n) is 19.3. The minimum Gasteiger partial charge on any atom is -0.0561 e. The summed E-state index contributed by atoms with van der Waals surface area (Å²) < 4.78 is 0. The van der Waals surface area contributed by atoms with E-state index in [4.69, 9.17) is 7.57 Å². The lowest BCUT2D eigenvalue weighted by Crippen LogP contribution is -2.37. The summed E-state index contributed by atoms with van der Waals surface area (Å²) in [4.78, 5) is 0. The SMILES string of the molecule is [B][P+](C1C(c2cc(C(C)(C)C)cc(C(C)(C)C)c2)C1c1cc(C(C)(C)C)cc(C(C)(C)C)c1)(C(C)(C)C)C(C)(C)C. The Morgan fingerprint density at radius 2 is 0.634 bits per heavy atom. The van der Waals surface area contributed by atoms with Gasteiger partial charge in [-0.3, -0.25) is 0 Å². The molecule has 226 valence electrons. The second-order valence-corrected chi connectivity index (χ2v) is 24.2. The third kappa shape index (κ3) is 6.72. The Balaban J connectivity index is 2.41. The van der Waals surface area contributed by atoms with Gasteiger partial charge in [-0.15, -0.1) is 0 Å². The molecule has 2 unspecified atom stereocenters. The first kappa shape index (κ1) is 34.4. The first-order valence-electron chi connectivity index (χ1n) is 16.0. The van der Waals surface area contributed by atoms with Crippen molar-refractivity contribution >= 4 is 14.7 Å². The number of hydrogen-bond donors (Lipinski definition) is 0. The van der Waals surface area contributed by atoms with Gasteiger partial charge in [-0.1, -0.05) is 119 Å². The highest BCUT2D eigenvalue weighted by molar-refractivity contribution is 8.00. The molecule has 1 fully saturated rings. The van der Waals surface area contributed by atoms with Crippen LogP contribution in [0.15, 0.2) is 36.4 Å². The van der Waals surface area contributed by atoms with Crippen LogP contribution in [0.5, 0.6) is 0 Å². The van der Waals surface area contributed by atoms with Gasteiger partial charge in [-0.05, 0) is 104 Å². The molecule has 2 aromatic rings. The van der Waals surface area contributed by atoms with Crippen molar-refractivity contribution in [3.8, 4) is 0 Å². The summed E-state index contributed by atoms with van der Waals surface area (Å²) in [5.74, 6) is 0.858. The zero-order valence-corrected chi connectivity index (χ0v) is 31.1. The van der Waals surface area contributed by atoms with Gasteiger partial charge in [0.25, 0.3) is 0 Å². The van der Waals surface area contributed by atoms with E-state index in [2.05, 4.69) is 161 Å². The van der Waals surface area contributed by atoms with E-state index in [9.17, 15) is 0 Å². The van der Waals surface area contributed by atoms with Gasteiger partial charge in [0, 0.05) is 11.8 Å². The predicted molar refractivity (Wildman–Crippen MR) is 189 cm³/mol. The van der Waals surface area contributed by atoms with Crippen molar-refractivity contribution in [2.75, 3.05) is 0 Å². The predicted octanol–water partition coefficient (Wildman–Crippen LogP) is 11.8. The Morgan fingerprint density at radius 1 is 0.415 bits per heavy atom. The van der Waals surface area contributed by atoms with E-state index >= 15 is 0 Å². The highest BCUT2D eigenvalue weighted by Gasteiger charge is 2.72. The van der Waals surface area contributed by atoms with Crippen molar-refractivity contribution < 1.29 is 0 Å². The minimum absolute atomic E-state index is 0.0475. The monoisotopic (exact) mass is 573 g/mol. The molecule has 0 aromatic heterocycles. The topological polar surface area (TPSA) is 0 Å². The van der Waals surface area contributed by atoms with Crippen LogP contribution in [0.25, 0.3) is 0 Å². The molecule has 0 spiro atoms. The van der Waals surface area contributed by atoms with Gasteiger partial charge in [0.2, 0.25) is 0 Å². The fraction of sp³-hybridized carbons (Fsp3) is 0.692. The van der Waals surface area contributed by atoms with E-state index in [1.54, 1.807) is 0 Å². The number of hydrogen-bond acceptors (Lipinski definition) is 0. The average Bonchev–Trinajstić information content (AvgIpc) is 3.50. The van der Waals surface area contributed by atoms with Crippen LogP contribution in [0.3, 0.4) is 0 Å². The number of rotatable bonds is 3. The van der Waals surface area contributed by atoms with Crippen LogP contribution in [0.4, 0.5) is 0 Å². The van der Waals surface area contributed by atoms with Crippen LogP contribution in [-0.4, -0.2) is 23.5 Å². The van der Waals surface area contributed by atoms with E-state index < -0.39 is 7.14 Å². The summed E-state index contributed by atoms with van der Waals surface area (Å²) in [5.41, 5.74) is 9.56. The Kier molecular flexibility index (Phi) is 8.61. The summed E-state index contributed by atoms with van der Waals surface area (Å²) in [5, 5.41) is 0.0951. The second kappa shape index (κ2) is 10.2. The van der Waals surface area contributed by atoms with Gasteiger partial charge in [-0.25, -0.2) is 0 Å². The standard InChI is InChI=1S/C39H63BP/c1-34(2,3)27-19-25(20-28(23-27)35(4,5)6)31-32(33(31)41(40,38(13,14)15)39(16,17)18)26-21-29(36(7,8)9)24-30(22-26)37(10,11)12/h19-24,31-33H,1-18H3/q+1. The lowest BCUT2D eigenvalue weighted by atomic mass is 9.78.